The molecular weight excluding hydrogens is 314 g/mol. The Labute approximate surface area is 138 Å². The molecule has 23 heavy (non-hydrogen) atoms. The van der Waals surface area contributed by atoms with E-state index in [0.29, 0.717) is 6.54 Å². The summed E-state index contributed by atoms with van der Waals surface area (Å²) in [6.07, 6.45) is 2.77. The molecule has 1 heterocycles. The summed E-state index contributed by atoms with van der Waals surface area (Å²) in [5, 5.41) is 0. The number of carbonyl (C=O) groups excluding carboxylic acids is 1. The van der Waals surface area contributed by atoms with Crippen molar-refractivity contribution in [3.8, 4) is 0 Å². The van der Waals surface area contributed by atoms with Crippen molar-refractivity contribution in [2.24, 2.45) is 0 Å². The maximum atomic E-state index is 12.8. The van der Waals surface area contributed by atoms with Gasteiger partial charge in [-0.2, -0.15) is 4.31 Å². The largest absolute Gasteiger partial charge is 0.458 e. The second kappa shape index (κ2) is 7.27. The van der Waals surface area contributed by atoms with Crippen LogP contribution in [0.4, 0.5) is 0 Å². The number of ether oxygens (including phenoxy) is 1. The van der Waals surface area contributed by atoms with Gasteiger partial charge in [0.1, 0.15) is 6.61 Å². The molecule has 1 saturated heterocycles. The Morgan fingerprint density at radius 1 is 1.39 bits per heavy atom. The van der Waals surface area contributed by atoms with Crippen molar-refractivity contribution in [3.63, 3.8) is 0 Å². The topological polar surface area (TPSA) is 63.7 Å². The van der Waals surface area contributed by atoms with Gasteiger partial charge in [0.15, 0.2) is 0 Å². The number of nitrogens with zero attached hydrogens (tertiary/aromatic N) is 1. The highest BCUT2D eigenvalue weighted by Crippen LogP contribution is 2.25. The first kappa shape index (κ1) is 17.7. The van der Waals surface area contributed by atoms with Gasteiger partial charge in [0.25, 0.3) is 0 Å². The van der Waals surface area contributed by atoms with Crippen LogP contribution in [0.15, 0.2) is 41.3 Å². The van der Waals surface area contributed by atoms with Crippen molar-refractivity contribution in [1.29, 1.82) is 0 Å². The van der Waals surface area contributed by atoms with Crippen LogP contribution in [0.1, 0.15) is 43.5 Å². The maximum absolute atomic E-state index is 12.8. The molecule has 1 aromatic rings. The van der Waals surface area contributed by atoms with Gasteiger partial charge in [-0.1, -0.05) is 19.1 Å². The first-order valence-electron chi connectivity index (χ1n) is 7.76. The smallest absolute Gasteiger partial charge is 0.338 e. The van der Waals surface area contributed by atoms with Gasteiger partial charge < -0.3 is 4.74 Å². The molecule has 1 unspecified atom stereocenters. The monoisotopic (exact) mass is 337 g/mol. The molecule has 1 fully saturated rings. The SMILES string of the molecule is C=C(C)COC(=O)c1cccc(S(=O)(=O)N2CCCCC2C)c1. The van der Waals surface area contributed by atoms with Crippen LogP contribution in [0, 0.1) is 0 Å². The van der Waals surface area contributed by atoms with Gasteiger partial charge in [-0.15, -0.1) is 0 Å². The van der Waals surface area contributed by atoms with Crippen LogP contribution < -0.4 is 0 Å². The third-order valence-corrected chi connectivity index (χ3v) is 5.88. The molecule has 1 aliphatic heterocycles. The van der Waals surface area contributed by atoms with Gasteiger partial charge in [-0.3, -0.25) is 0 Å². The first-order valence-corrected chi connectivity index (χ1v) is 9.20. The fraction of sp³-hybridized carbons (Fsp3) is 0.471. The lowest BCUT2D eigenvalue weighted by atomic mass is 10.1. The highest BCUT2D eigenvalue weighted by molar-refractivity contribution is 7.89. The predicted octanol–water partition coefficient (Wildman–Crippen LogP) is 2.98. The minimum Gasteiger partial charge on any atom is -0.458 e. The average Bonchev–Trinajstić information content (AvgIpc) is 2.53. The number of esters is 1. The van der Waals surface area contributed by atoms with Crippen molar-refractivity contribution in [2.75, 3.05) is 13.2 Å². The number of hydrogen-bond acceptors (Lipinski definition) is 4. The minimum atomic E-state index is -3.59. The van der Waals surface area contributed by atoms with Crippen LogP contribution in [-0.4, -0.2) is 37.9 Å². The van der Waals surface area contributed by atoms with E-state index in [4.69, 9.17) is 4.74 Å². The van der Waals surface area contributed by atoms with Crippen molar-refractivity contribution < 1.29 is 17.9 Å². The van der Waals surface area contributed by atoms with Crippen LogP contribution in [0.3, 0.4) is 0 Å². The second-order valence-corrected chi connectivity index (χ2v) is 7.91. The molecule has 0 spiro atoms. The third-order valence-electron chi connectivity index (χ3n) is 3.87. The van der Waals surface area contributed by atoms with Crippen LogP contribution in [0.25, 0.3) is 0 Å². The molecule has 0 aromatic heterocycles. The van der Waals surface area contributed by atoms with Gasteiger partial charge in [-0.05, 0) is 50.5 Å². The molecule has 5 nitrogen and oxygen atoms in total. The highest BCUT2D eigenvalue weighted by Gasteiger charge is 2.31. The first-order chi connectivity index (χ1) is 10.8. The van der Waals surface area contributed by atoms with Crippen molar-refractivity contribution in [1.82, 2.24) is 4.31 Å². The standard InChI is InChI=1S/C17H23NO4S/c1-13(2)12-22-17(19)15-8-6-9-16(11-15)23(20,21)18-10-5-4-7-14(18)3/h6,8-9,11,14H,1,4-5,7,10,12H2,2-3H3. The Balaban J connectivity index is 2.24. The van der Waals surface area contributed by atoms with Gasteiger partial charge in [-0.25, -0.2) is 13.2 Å². The molecule has 1 atom stereocenters. The Hall–Kier alpha value is -1.66. The Bertz CT molecular complexity index is 696. The summed E-state index contributed by atoms with van der Waals surface area (Å²) >= 11 is 0. The molecule has 0 aliphatic carbocycles. The van der Waals surface area contributed by atoms with Gasteiger partial charge in [0.05, 0.1) is 10.5 Å². The molecule has 0 N–H and O–H groups in total. The number of carbonyl (C=O) groups is 1. The Kier molecular flexibility index (Phi) is 5.59. The summed E-state index contributed by atoms with van der Waals surface area (Å²) < 4.78 is 32.2. The maximum Gasteiger partial charge on any atom is 0.338 e. The molecule has 0 bridgehead atoms. The molecule has 1 aliphatic rings. The van der Waals surface area contributed by atoms with E-state index in [1.807, 2.05) is 6.92 Å². The molecular formula is C17H23NO4S. The molecule has 0 radical (unpaired) electrons. The Morgan fingerprint density at radius 3 is 2.78 bits per heavy atom. The quantitative estimate of drug-likeness (QED) is 0.612. The van der Waals surface area contributed by atoms with Crippen LogP contribution >= 0.6 is 0 Å². The minimum absolute atomic E-state index is 0.0206. The lowest BCUT2D eigenvalue weighted by Crippen LogP contribution is -2.41. The summed E-state index contributed by atoms with van der Waals surface area (Å²) in [4.78, 5) is 12.1. The Morgan fingerprint density at radius 2 is 2.13 bits per heavy atom. The zero-order valence-electron chi connectivity index (χ0n) is 13.6. The molecule has 2 rings (SSSR count). The average molecular weight is 337 g/mol. The van der Waals surface area contributed by atoms with E-state index in [1.165, 1.54) is 16.4 Å². The fourth-order valence-corrected chi connectivity index (χ4v) is 4.37. The van der Waals surface area contributed by atoms with Crippen LogP contribution in [0.2, 0.25) is 0 Å². The van der Waals surface area contributed by atoms with Crippen LogP contribution in [-0.2, 0) is 14.8 Å². The second-order valence-electron chi connectivity index (χ2n) is 6.02. The normalized spacial score (nSPS) is 19.3. The number of rotatable bonds is 5. The lowest BCUT2D eigenvalue weighted by molar-refractivity contribution is 0.0540. The summed E-state index contributed by atoms with van der Waals surface area (Å²) in [6.45, 7) is 7.99. The van der Waals surface area contributed by atoms with E-state index in [9.17, 15) is 13.2 Å². The van der Waals surface area contributed by atoms with E-state index in [2.05, 4.69) is 6.58 Å². The third kappa shape index (κ3) is 4.20. The van der Waals surface area contributed by atoms with Crippen molar-refractivity contribution in [3.05, 3.63) is 42.0 Å². The zero-order valence-corrected chi connectivity index (χ0v) is 14.4. The lowest BCUT2D eigenvalue weighted by Gasteiger charge is -2.32. The summed E-state index contributed by atoms with van der Waals surface area (Å²) in [5.41, 5.74) is 0.959. The molecule has 1 aromatic carbocycles. The summed E-state index contributed by atoms with van der Waals surface area (Å²) in [5.74, 6) is -0.545. The fourth-order valence-electron chi connectivity index (χ4n) is 2.62. The summed E-state index contributed by atoms with van der Waals surface area (Å²) in [7, 11) is -3.59. The van der Waals surface area contributed by atoms with E-state index >= 15 is 0 Å². The number of benzene rings is 1. The highest BCUT2D eigenvalue weighted by atomic mass is 32.2. The number of sulfonamides is 1. The number of hydrogen-bond donors (Lipinski definition) is 0. The van der Waals surface area contributed by atoms with Gasteiger partial charge >= 0.3 is 5.97 Å². The summed E-state index contributed by atoms with van der Waals surface area (Å²) in [6, 6.07) is 6.01. The predicted molar refractivity (Wildman–Crippen MR) is 88.7 cm³/mol. The number of piperidine rings is 1. The zero-order chi connectivity index (χ0) is 17.0. The van der Waals surface area contributed by atoms with E-state index in [-0.39, 0.29) is 23.1 Å². The molecule has 0 saturated carbocycles. The molecule has 0 amide bonds. The van der Waals surface area contributed by atoms with E-state index in [1.54, 1.807) is 19.1 Å². The van der Waals surface area contributed by atoms with Crippen LogP contribution in [0.5, 0.6) is 0 Å². The molecule has 126 valence electrons. The van der Waals surface area contributed by atoms with E-state index < -0.39 is 16.0 Å². The van der Waals surface area contributed by atoms with Gasteiger partial charge in [0, 0.05) is 12.6 Å². The van der Waals surface area contributed by atoms with Crippen molar-refractivity contribution >= 4 is 16.0 Å². The van der Waals surface area contributed by atoms with E-state index in [0.717, 1.165) is 24.8 Å². The van der Waals surface area contributed by atoms with Crippen molar-refractivity contribution in [2.45, 2.75) is 44.0 Å². The van der Waals surface area contributed by atoms with Gasteiger partial charge in [0.2, 0.25) is 10.0 Å². The molecule has 6 heteroatoms.